The van der Waals surface area contributed by atoms with Crippen LogP contribution in [0.5, 0.6) is 0 Å². The predicted molar refractivity (Wildman–Crippen MR) is 115 cm³/mol. The van der Waals surface area contributed by atoms with Crippen molar-refractivity contribution in [3.8, 4) is 0 Å². The molecule has 1 aliphatic rings. The van der Waals surface area contributed by atoms with E-state index in [9.17, 15) is 8.42 Å². The number of nitrogens with one attached hydrogen (secondary N) is 2. The van der Waals surface area contributed by atoms with Crippen LogP contribution in [0.3, 0.4) is 0 Å². The lowest BCUT2D eigenvalue weighted by atomic mass is 9.99. The predicted octanol–water partition coefficient (Wildman–Crippen LogP) is 3.14. The van der Waals surface area contributed by atoms with Crippen molar-refractivity contribution in [3.63, 3.8) is 0 Å². The fourth-order valence-electron chi connectivity index (χ4n) is 3.33. The fourth-order valence-corrected chi connectivity index (χ4v) is 5.56. The largest absolute Gasteiger partial charge is 0.308 e. The van der Waals surface area contributed by atoms with E-state index in [0.717, 1.165) is 35.1 Å². The molecule has 0 saturated heterocycles. The summed E-state index contributed by atoms with van der Waals surface area (Å²) in [5.74, 6) is 0. The van der Waals surface area contributed by atoms with E-state index >= 15 is 0 Å². The molecule has 0 saturated carbocycles. The van der Waals surface area contributed by atoms with Crippen LogP contribution in [-0.2, 0) is 29.3 Å². The van der Waals surface area contributed by atoms with Gasteiger partial charge in [-0.3, -0.25) is 0 Å². The van der Waals surface area contributed by atoms with Gasteiger partial charge in [0.05, 0.1) is 16.7 Å². The van der Waals surface area contributed by atoms with E-state index in [4.69, 9.17) is 16.6 Å². The standard InChI is InChI=1S/C20H21ClN4O2S2/c21-15-6-4-14(5-7-15)13-16-20-17(8-11-22-16)28-18(25-20)9-12-24-29(26,27)19-3-1-2-10-23-19/h1-7,10,16,22,24H,8-9,11-13H2. The minimum Gasteiger partial charge on any atom is -0.308 e. The van der Waals surface area contributed by atoms with Gasteiger partial charge in [0.2, 0.25) is 0 Å². The van der Waals surface area contributed by atoms with E-state index in [1.807, 2.05) is 24.3 Å². The van der Waals surface area contributed by atoms with Crippen molar-refractivity contribution in [2.75, 3.05) is 13.1 Å². The molecule has 6 nitrogen and oxygen atoms in total. The van der Waals surface area contributed by atoms with E-state index < -0.39 is 10.0 Å². The summed E-state index contributed by atoms with van der Waals surface area (Å²) >= 11 is 7.66. The topological polar surface area (TPSA) is 84.0 Å². The zero-order valence-electron chi connectivity index (χ0n) is 15.6. The van der Waals surface area contributed by atoms with Crippen LogP contribution in [0.2, 0.25) is 5.02 Å². The zero-order valence-corrected chi connectivity index (χ0v) is 18.0. The Labute approximate surface area is 179 Å². The van der Waals surface area contributed by atoms with Crippen molar-refractivity contribution in [2.45, 2.75) is 30.3 Å². The first-order valence-electron chi connectivity index (χ1n) is 9.38. The molecule has 1 aliphatic heterocycles. The van der Waals surface area contributed by atoms with E-state index in [0.29, 0.717) is 13.0 Å². The molecule has 0 radical (unpaired) electrons. The maximum Gasteiger partial charge on any atom is 0.258 e. The number of sulfonamides is 1. The van der Waals surface area contributed by atoms with Gasteiger partial charge in [-0.1, -0.05) is 29.8 Å². The van der Waals surface area contributed by atoms with Crippen molar-refractivity contribution in [3.05, 3.63) is 74.8 Å². The van der Waals surface area contributed by atoms with E-state index in [2.05, 4.69) is 15.0 Å². The molecule has 1 aromatic carbocycles. The normalized spacial score (nSPS) is 16.5. The molecule has 2 aromatic heterocycles. The Morgan fingerprint density at radius 2 is 2.03 bits per heavy atom. The van der Waals surface area contributed by atoms with E-state index in [-0.39, 0.29) is 11.1 Å². The number of aromatic nitrogens is 2. The van der Waals surface area contributed by atoms with E-state index in [1.165, 1.54) is 22.7 Å². The molecule has 0 spiro atoms. The molecule has 3 heterocycles. The van der Waals surface area contributed by atoms with Crippen molar-refractivity contribution < 1.29 is 8.42 Å². The van der Waals surface area contributed by atoms with Crippen LogP contribution >= 0.6 is 22.9 Å². The molecule has 1 unspecified atom stereocenters. The van der Waals surface area contributed by atoms with Crippen LogP contribution in [0.15, 0.2) is 53.7 Å². The number of hydrogen-bond donors (Lipinski definition) is 2. The lowest BCUT2D eigenvalue weighted by Crippen LogP contribution is -2.30. The van der Waals surface area contributed by atoms with Crippen LogP contribution < -0.4 is 10.0 Å². The molecule has 2 N–H and O–H groups in total. The maximum absolute atomic E-state index is 12.3. The van der Waals surface area contributed by atoms with Crippen LogP contribution in [0.25, 0.3) is 0 Å². The molecule has 3 aromatic rings. The highest BCUT2D eigenvalue weighted by Gasteiger charge is 2.24. The zero-order chi connectivity index (χ0) is 20.3. The Morgan fingerprint density at radius 1 is 1.21 bits per heavy atom. The third-order valence-electron chi connectivity index (χ3n) is 4.74. The molecule has 0 fully saturated rings. The third kappa shape index (κ3) is 5.02. The van der Waals surface area contributed by atoms with E-state index in [1.54, 1.807) is 23.5 Å². The Morgan fingerprint density at radius 3 is 2.79 bits per heavy atom. The molecule has 9 heteroatoms. The smallest absolute Gasteiger partial charge is 0.258 e. The Hall–Kier alpha value is -1.84. The molecule has 4 rings (SSSR count). The molecule has 152 valence electrons. The van der Waals surface area contributed by atoms with Gasteiger partial charge in [0, 0.05) is 35.6 Å². The molecular weight excluding hydrogens is 428 g/mol. The van der Waals surface area contributed by atoms with Gasteiger partial charge in [0.1, 0.15) is 0 Å². The van der Waals surface area contributed by atoms with Gasteiger partial charge in [-0.25, -0.2) is 23.1 Å². The van der Waals surface area contributed by atoms with Gasteiger partial charge >= 0.3 is 0 Å². The average molecular weight is 449 g/mol. The first-order chi connectivity index (χ1) is 14.0. The second-order valence-electron chi connectivity index (χ2n) is 6.82. The Balaban J connectivity index is 1.40. The lowest BCUT2D eigenvalue weighted by molar-refractivity contribution is 0.495. The second kappa shape index (κ2) is 8.89. The maximum atomic E-state index is 12.3. The number of rotatable bonds is 7. The summed E-state index contributed by atoms with van der Waals surface area (Å²) in [6.45, 7) is 1.21. The quantitative estimate of drug-likeness (QED) is 0.580. The van der Waals surface area contributed by atoms with Gasteiger partial charge in [0.15, 0.2) is 5.03 Å². The highest BCUT2D eigenvalue weighted by atomic mass is 35.5. The summed E-state index contributed by atoms with van der Waals surface area (Å²) in [6, 6.07) is 12.9. The lowest BCUT2D eigenvalue weighted by Gasteiger charge is -2.23. The monoisotopic (exact) mass is 448 g/mol. The Kier molecular flexibility index (Phi) is 6.26. The summed E-state index contributed by atoms with van der Waals surface area (Å²) in [5.41, 5.74) is 2.29. The summed E-state index contributed by atoms with van der Waals surface area (Å²) in [6.07, 6.45) is 3.82. The number of fused-ring (bicyclic) bond motifs is 1. The van der Waals surface area contributed by atoms with Crippen molar-refractivity contribution >= 4 is 33.0 Å². The SMILES string of the molecule is O=S(=O)(NCCc1nc2c(s1)CCNC2Cc1ccc(Cl)cc1)c1ccccn1. The summed E-state index contributed by atoms with van der Waals surface area (Å²) in [5, 5.41) is 5.26. The number of hydrogen-bond acceptors (Lipinski definition) is 6. The van der Waals surface area contributed by atoms with Gasteiger partial charge in [0.25, 0.3) is 10.0 Å². The summed E-state index contributed by atoms with van der Waals surface area (Å²) in [4.78, 5) is 10.0. The summed E-state index contributed by atoms with van der Waals surface area (Å²) < 4.78 is 27.2. The van der Waals surface area contributed by atoms with Gasteiger partial charge in [-0.15, -0.1) is 11.3 Å². The number of thiazole rings is 1. The number of benzene rings is 1. The molecule has 0 amide bonds. The third-order valence-corrected chi connectivity index (χ3v) is 7.56. The minimum atomic E-state index is -3.59. The fraction of sp³-hybridized carbons (Fsp3) is 0.300. The molecule has 29 heavy (non-hydrogen) atoms. The van der Waals surface area contributed by atoms with Crippen LogP contribution in [-0.4, -0.2) is 31.5 Å². The average Bonchev–Trinajstić information content (AvgIpc) is 3.14. The molecule has 0 bridgehead atoms. The van der Waals surface area contributed by atoms with Gasteiger partial charge < -0.3 is 5.32 Å². The number of pyridine rings is 1. The second-order valence-corrected chi connectivity index (χ2v) is 10.1. The highest BCUT2D eigenvalue weighted by molar-refractivity contribution is 7.89. The number of halogens is 1. The Bertz CT molecular complexity index is 1070. The van der Waals surface area contributed by atoms with Crippen molar-refractivity contribution in [1.29, 1.82) is 0 Å². The highest BCUT2D eigenvalue weighted by Crippen LogP contribution is 2.30. The first-order valence-corrected chi connectivity index (χ1v) is 12.1. The molecular formula is C20H21ClN4O2S2. The van der Waals surface area contributed by atoms with Crippen molar-refractivity contribution in [2.24, 2.45) is 0 Å². The van der Waals surface area contributed by atoms with Crippen LogP contribution in [0, 0.1) is 0 Å². The first kappa shape index (κ1) is 20.4. The van der Waals surface area contributed by atoms with Gasteiger partial charge in [-0.2, -0.15) is 0 Å². The van der Waals surface area contributed by atoms with Gasteiger partial charge in [-0.05, 0) is 42.7 Å². The summed E-state index contributed by atoms with van der Waals surface area (Å²) in [7, 11) is -3.59. The minimum absolute atomic E-state index is 0.0330. The molecule has 0 aliphatic carbocycles. The van der Waals surface area contributed by atoms with Crippen molar-refractivity contribution in [1.82, 2.24) is 20.0 Å². The van der Waals surface area contributed by atoms with Crippen LogP contribution in [0.4, 0.5) is 0 Å². The number of nitrogens with zero attached hydrogens (tertiary/aromatic N) is 2. The molecule has 1 atom stereocenters. The van der Waals surface area contributed by atoms with Crippen LogP contribution in [0.1, 0.15) is 27.2 Å².